The highest BCUT2D eigenvalue weighted by atomic mass is 79.9. The van der Waals surface area contributed by atoms with E-state index in [1.165, 1.54) is 0 Å². The van der Waals surface area contributed by atoms with Crippen molar-refractivity contribution in [1.29, 1.82) is 0 Å². The highest BCUT2D eigenvalue weighted by Crippen LogP contribution is 2.29. The van der Waals surface area contributed by atoms with Crippen LogP contribution in [0.3, 0.4) is 0 Å². The molecule has 0 amide bonds. The smallest absolute Gasteiger partial charge is 0.134 e. The van der Waals surface area contributed by atoms with Gasteiger partial charge in [-0.25, -0.2) is 0 Å². The lowest BCUT2D eigenvalue weighted by atomic mass is 10.2. The van der Waals surface area contributed by atoms with Gasteiger partial charge < -0.3 is 15.2 Å². The SMILES string of the molecule is CCCOCCOc1cc(C)c(N)cc1Br. The maximum atomic E-state index is 5.77. The van der Waals surface area contributed by atoms with Gasteiger partial charge in [0.15, 0.2) is 0 Å². The first-order valence-corrected chi connectivity index (χ1v) is 6.20. The van der Waals surface area contributed by atoms with E-state index in [1.807, 2.05) is 19.1 Å². The molecule has 0 saturated heterocycles. The predicted molar refractivity (Wildman–Crippen MR) is 69.9 cm³/mol. The first-order valence-electron chi connectivity index (χ1n) is 5.41. The molecule has 0 spiro atoms. The summed E-state index contributed by atoms with van der Waals surface area (Å²) in [6.45, 7) is 6.00. The van der Waals surface area contributed by atoms with Crippen LogP contribution in [0, 0.1) is 6.92 Å². The zero-order chi connectivity index (χ0) is 12.0. The Labute approximate surface area is 105 Å². The minimum atomic E-state index is 0.557. The Morgan fingerprint density at radius 2 is 2.00 bits per heavy atom. The van der Waals surface area contributed by atoms with Gasteiger partial charge in [0.05, 0.1) is 11.1 Å². The fourth-order valence-corrected chi connectivity index (χ4v) is 1.71. The van der Waals surface area contributed by atoms with Gasteiger partial charge in [-0.05, 0) is 47.0 Å². The van der Waals surface area contributed by atoms with E-state index in [9.17, 15) is 0 Å². The molecule has 0 fully saturated rings. The van der Waals surface area contributed by atoms with E-state index < -0.39 is 0 Å². The Hall–Kier alpha value is -0.740. The molecule has 0 unspecified atom stereocenters. The lowest BCUT2D eigenvalue weighted by Crippen LogP contribution is -2.07. The summed E-state index contributed by atoms with van der Waals surface area (Å²) in [4.78, 5) is 0. The molecule has 1 aromatic rings. The number of hydrogen-bond acceptors (Lipinski definition) is 3. The molecule has 3 nitrogen and oxygen atoms in total. The molecule has 0 aliphatic heterocycles. The summed E-state index contributed by atoms with van der Waals surface area (Å²) in [6.07, 6.45) is 1.03. The Bertz CT molecular complexity index is 342. The minimum Gasteiger partial charge on any atom is -0.490 e. The fourth-order valence-electron chi connectivity index (χ4n) is 1.24. The topological polar surface area (TPSA) is 44.5 Å². The Kier molecular flexibility index (Phi) is 5.63. The third-order valence-corrected chi connectivity index (χ3v) is 2.77. The molecule has 0 heterocycles. The van der Waals surface area contributed by atoms with E-state index in [4.69, 9.17) is 15.2 Å². The van der Waals surface area contributed by atoms with Crippen LogP contribution in [0.25, 0.3) is 0 Å². The van der Waals surface area contributed by atoms with Crippen LogP contribution in [0.2, 0.25) is 0 Å². The molecular formula is C12H18BrNO2. The van der Waals surface area contributed by atoms with Gasteiger partial charge in [0.2, 0.25) is 0 Å². The molecule has 0 atom stereocenters. The number of ether oxygens (including phenoxy) is 2. The van der Waals surface area contributed by atoms with Crippen molar-refractivity contribution in [1.82, 2.24) is 0 Å². The van der Waals surface area contributed by atoms with Gasteiger partial charge in [-0.2, -0.15) is 0 Å². The molecule has 2 N–H and O–H groups in total. The third kappa shape index (κ3) is 4.02. The lowest BCUT2D eigenvalue weighted by molar-refractivity contribution is 0.100. The fraction of sp³-hybridized carbons (Fsp3) is 0.500. The maximum Gasteiger partial charge on any atom is 0.134 e. The number of nitrogen functional groups attached to an aromatic ring is 1. The largest absolute Gasteiger partial charge is 0.490 e. The van der Waals surface area contributed by atoms with Gasteiger partial charge in [-0.15, -0.1) is 0 Å². The van der Waals surface area contributed by atoms with Gasteiger partial charge >= 0.3 is 0 Å². The van der Waals surface area contributed by atoms with Crippen LogP contribution in [0.4, 0.5) is 5.69 Å². The first-order chi connectivity index (χ1) is 7.65. The van der Waals surface area contributed by atoms with Crippen LogP contribution in [-0.2, 0) is 4.74 Å². The molecule has 0 radical (unpaired) electrons. The number of aryl methyl sites for hydroxylation is 1. The molecule has 0 aliphatic carbocycles. The van der Waals surface area contributed by atoms with E-state index in [1.54, 1.807) is 0 Å². The van der Waals surface area contributed by atoms with Crippen LogP contribution in [0.1, 0.15) is 18.9 Å². The van der Waals surface area contributed by atoms with Crippen molar-refractivity contribution in [2.45, 2.75) is 20.3 Å². The Morgan fingerprint density at radius 1 is 1.25 bits per heavy atom. The number of benzene rings is 1. The van der Waals surface area contributed by atoms with Gasteiger partial charge in [-0.1, -0.05) is 6.92 Å². The molecule has 0 aromatic heterocycles. The Morgan fingerprint density at radius 3 is 2.69 bits per heavy atom. The van der Waals surface area contributed by atoms with Crippen LogP contribution in [-0.4, -0.2) is 19.8 Å². The summed E-state index contributed by atoms with van der Waals surface area (Å²) in [5, 5.41) is 0. The van der Waals surface area contributed by atoms with Crippen LogP contribution in [0.5, 0.6) is 5.75 Å². The van der Waals surface area contributed by atoms with Gasteiger partial charge in [0, 0.05) is 12.3 Å². The summed E-state index contributed by atoms with van der Waals surface area (Å²) in [5.74, 6) is 0.812. The molecule has 16 heavy (non-hydrogen) atoms. The minimum absolute atomic E-state index is 0.557. The van der Waals surface area contributed by atoms with Crippen molar-refractivity contribution in [3.8, 4) is 5.75 Å². The molecule has 1 rings (SSSR count). The van der Waals surface area contributed by atoms with Crippen molar-refractivity contribution in [2.24, 2.45) is 0 Å². The average molecular weight is 288 g/mol. The zero-order valence-corrected chi connectivity index (χ0v) is 11.3. The maximum absolute atomic E-state index is 5.77. The molecule has 0 saturated carbocycles. The third-order valence-electron chi connectivity index (χ3n) is 2.15. The van der Waals surface area contributed by atoms with E-state index in [-0.39, 0.29) is 0 Å². The number of halogens is 1. The summed E-state index contributed by atoms with van der Waals surface area (Å²) < 4.78 is 11.8. The second kappa shape index (κ2) is 6.76. The van der Waals surface area contributed by atoms with Gasteiger partial charge in [0.1, 0.15) is 12.4 Å². The van der Waals surface area contributed by atoms with E-state index in [0.717, 1.165) is 34.5 Å². The highest BCUT2D eigenvalue weighted by molar-refractivity contribution is 9.10. The molecule has 4 heteroatoms. The zero-order valence-electron chi connectivity index (χ0n) is 9.75. The quantitative estimate of drug-likeness (QED) is 0.646. The van der Waals surface area contributed by atoms with Crippen molar-refractivity contribution in [3.05, 3.63) is 22.2 Å². The average Bonchev–Trinajstić information content (AvgIpc) is 2.25. The van der Waals surface area contributed by atoms with Crippen LogP contribution >= 0.6 is 15.9 Å². The molecule has 1 aromatic carbocycles. The summed E-state index contributed by atoms with van der Waals surface area (Å²) in [6, 6.07) is 3.79. The number of nitrogens with two attached hydrogens (primary N) is 1. The number of anilines is 1. The summed E-state index contributed by atoms with van der Waals surface area (Å²) in [7, 11) is 0. The van der Waals surface area contributed by atoms with Crippen molar-refractivity contribution in [2.75, 3.05) is 25.6 Å². The first kappa shape index (κ1) is 13.3. The van der Waals surface area contributed by atoms with Crippen molar-refractivity contribution >= 4 is 21.6 Å². The number of rotatable bonds is 6. The second-order valence-corrected chi connectivity index (χ2v) is 4.45. The van der Waals surface area contributed by atoms with Crippen LogP contribution in [0.15, 0.2) is 16.6 Å². The van der Waals surface area contributed by atoms with E-state index >= 15 is 0 Å². The normalized spacial score (nSPS) is 10.4. The molecular weight excluding hydrogens is 270 g/mol. The Balaban J connectivity index is 2.45. The monoisotopic (exact) mass is 287 g/mol. The lowest BCUT2D eigenvalue weighted by Gasteiger charge is -2.10. The van der Waals surface area contributed by atoms with Crippen molar-refractivity contribution in [3.63, 3.8) is 0 Å². The summed E-state index contributed by atoms with van der Waals surface area (Å²) >= 11 is 3.42. The second-order valence-electron chi connectivity index (χ2n) is 3.60. The van der Waals surface area contributed by atoms with Crippen LogP contribution < -0.4 is 10.5 Å². The van der Waals surface area contributed by atoms with Crippen molar-refractivity contribution < 1.29 is 9.47 Å². The molecule has 90 valence electrons. The molecule has 0 aliphatic rings. The number of hydrogen-bond donors (Lipinski definition) is 1. The highest BCUT2D eigenvalue weighted by Gasteiger charge is 2.04. The predicted octanol–water partition coefficient (Wildman–Crippen LogP) is 3.15. The standard InChI is InChI=1S/C12H18BrNO2/c1-3-4-15-5-6-16-12-7-9(2)11(14)8-10(12)13/h7-8H,3-6,14H2,1-2H3. The molecule has 0 bridgehead atoms. The van der Waals surface area contributed by atoms with E-state index in [0.29, 0.717) is 13.2 Å². The van der Waals surface area contributed by atoms with Gasteiger partial charge in [0.25, 0.3) is 0 Å². The van der Waals surface area contributed by atoms with Gasteiger partial charge in [-0.3, -0.25) is 0 Å². The summed E-state index contributed by atoms with van der Waals surface area (Å²) in [5.41, 5.74) is 7.56. The van der Waals surface area contributed by atoms with E-state index in [2.05, 4.69) is 22.9 Å².